The van der Waals surface area contributed by atoms with Crippen molar-refractivity contribution in [2.45, 2.75) is 223 Å². The van der Waals surface area contributed by atoms with Gasteiger partial charge in [-0.25, -0.2) is 0 Å². The lowest BCUT2D eigenvalue weighted by atomic mass is 9.70. The lowest BCUT2D eigenvalue weighted by Gasteiger charge is -2.33. The topological polar surface area (TPSA) is 19.7 Å². The van der Waals surface area contributed by atoms with Crippen molar-refractivity contribution >= 4 is 111 Å². The number of thioether (sulfide) groups is 2. The van der Waals surface area contributed by atoms with Gasteiger partial charge in [0.25, 0.3) is 0 Å². The average Bonchev–Trinajstić information content (AvgIpc) is 1.55. The Balaban J connectivity index is 0.506. The van der Waals surface area contributed by atoms with Crippen LogP contribution in [0.25, 0.3) is 121 Å². The molecule has 0 saturated carbocycles. The van der Waals surface area contributed by atoms with Crippen molar-refractivity contribution in [2.24, 2.45) is 0 Å². The van der Waals surface area contributed by atoms with Crippen LogP contribution in [0.4, 0.5) is 0 Å². The van der Waals surface area contributed by atoms with Gasteiger partial charge in [0, 0.05) is 81.0 Å². The molecule has 0 aliphatic heterocycles. The maximum Gasteiger partial charge on any atom is 0.0541 e. The third-order valence-corrected chi connectivity index (χ3v) is 28.0. The van der Waals surface area contributed by atoms with Crippen LogP contribution in [0.1, 0.15) is 214 Å². The molecule has 1 aliphatic carbocycles. The van der Waals surface area contributed by atoms with Crippen molar-refractivity contribution in [3.8, 4) is 33.9 Å². The number of aromatic nitrogens is 4. The van der Waals surface area contributed by atoms with Crippen LogP contribution in [-0.4, -0.2) is 29.8 Å². The van der Waals surface area contributed by atoms with E-state index in [0.717, 1.165) is 12.8 Å². The smallest absolute Gasteiger partial charge is 0.0541 e. The molecule has 0 atom stereocenters. The normalized spacial score (nSPS) is 12.7. The zero-order chi connectivity index (χ0) is 76.5. The average molecular weight is 1520 g/mol. The Morgan fingerprint density at radius 3 is 0.832 bits per heavy atom. The molecule has 574 valence electrons. The largest absolute Gasteiger partial charge is 0.309 e. The summed E-state index contributed by atoms with van der Waals surface area (Å²) in [5, 5.41) is 10.5. The summed E-state index contributed by atoms with van der Waals surface area (Å²) >= 11 is 4.27. The zero-order valence-electron chi connectivity index (χ0n) is 67.6. The minimum absolute atomic E-state index is 0.0952. The first-order chi connectivity index (χ1) is 55.8. The molecule has 1 aliphatic rings. The molecule has 0 saturated heterocycles. The first-order valence-corrected chi connectivity index (χ1v) is 45.6. The molecule has 16 aromatic rings. The predicted molar refractivity (Wildman–Crippen MR) is 493 cm³/mol. The highest BCUT2D eigenvalue weighted by molar-refractivity contribution is 7.99. The molecule has 0 amide bonds. The van der Waals surface area contributed by atoms with Crippen LogP contribution in [-0.2, 0) is 18.3 Å². The Labute approximate surface area is 680 Å². The van der Waals surface area contributed by atoms with Crippen LogP contribution in [0.15, 0.2) is 265 Å². The van der Waals surface area contributed by atoms with E-state index in [9.17, 15) is 0 Å². The number of fused-ring (bicyclic) bond motifs is 15. The van der Waals surface area contributed by atoms with Gasteiger partial charge in [0.2, 0.25) is 0 Å². The van der Waals surface area contributed by atoms with Gasteiger partial charge in [0.1, 0.15) is 0 Å². The fourth-order valence-corrected chi connectivity index (χ4v) is 21.7. The van der Waals surface area contributed by atoms with Gasteiger partial charge in [0.05, 0.1) is 44.1 Å². The Morgan fingerprint density at radius 1 is 0.248 bits per heavy atom. The molecule has 17 rings (SSSR count). The lowest BCUT2D eigenvalue weighted by molar-refractivity contribution is 0.397. The fourth-order valence-electron chi connectivity index (χ4n) is 19.6. The third kappa shape index (κ3) is 15.7. The number of para-hydroxylation sites is 6. The molecule has 0 bridgehead atoms. The Morgan fingerprint density at radius 2 is 0.513 bits per heavy atom. The molecule has 0 fully saturated rings. The summed E-state index contributed by atoms with van der Waals surface area (Å²) in [6, 6.07) is 96.8. The highest BCUT2D eigenvalue weighted by atomic mass is 32.2. The zero-order valence-corrected chi connectivity index (χ0v) is 69.2. The minimum Gasteiger partial charge on any atom is -0.309 e. The van der Waals surface area contributed by atoms with Crippen molar-refractivity contribution < 1.29 is 0 Å². The van der Waals surface area contributed by atoms with Crippen LogP contribution >= 0.6 is 23.5 Å². The molecule has 6 heteroatoms. The molecular formula is C107H114N4S2. The standard InChI is InChI=1S/C107H114N4S2/c1-5-7-9-11-19-37-67-107(68-38-20-12-10-8-6-2)95-71-77(3)105(112-69-39-21-15-13-17-23-41-79-55-65-103-93(73-79)89-47-29-35-53-101(89)110(103)83-61-57-81(58-62-83)108-97-49-31-25-43-85(97)86-44-26-32-50-98(86)108)75-91(95)92-76-106(78(4)72-96(92)107)113-70-40-22-16-14-18-24-42-80-56-66-104-94(74-80)90-48-30-36-54-102(90)111(104)84-63-59-82(60-64-84)109-99-51-33-27-45-87(99)88-46-28-34-52-100(88)109/h25-36,43-66,71-76H,5-24,37-42,67-70H2,1-4H3. The number of hydrogen-bond donors (Lipinski definition) is 0. The van der Waals surface area contributed by atoms with Gasteiger partial charge in [-0.1, -0.05) is 276 Å². The van der Waals surface area contributed by atoms with E-state index in [0.29, 0.717) is 0 Å². The summed E-state index contributed by atoms with van der Waals surface area (Å²) < 4.78 is 9.74. The van der Waals surface area contributed by atoms with E-state index in [-0.39, 0.29) is 5.41 Å². The van der Waals surface area contributed by atoms with Gasteiger partial charge in [-0.2, -0.15) is 0 Å². The van der Waals surface area contributed by atoms with Crippen molar-refractivity contribution in [2.75, 3.05) is 11.5 Å². The van der Waals surface area contributed by atoms with E-state index in [1.165, 1.54) is 320 Å². The predicted octanol–water partition coefficient (Wildman–Crippen LogP) is 31.8. The van der Waals surface area contributed by atoms with E-state index in [1.54, 1.807) is 22.3 Å². The number of rotatable bonds is 38. The Kier molecular flexibility index (Phi) is 23.9. The van der Waals surface area contributed by atoms with Crippen LogP contribution in [0.3, 0.4) is 0 Å². The monoisotopic (exact) mass is 1520 g/mol. The van der Waals surface area contributed by atoms with Crippen LogP contribution in [0.5, 0.6) is 0 Å². The van der Waals surface area contributed by atoms with E-state index in [4.69, 9.17) is 0 Å². The first-order valence-electron chi connectivity index (χ1n) is 43.6. The Hall–Kier alpha value is -9.46. The summed E-state index contributed by atoms with van der Waals surface area (Å²) in [4.78, 5) is 3.01. The SMILES string of the molecule is CCCCCCCCC1(CCCCCCCC)c2cc(C)c(SCCCCCCCCc3ccc4c(c3)c3ccccc3n4-c3ccc(-n4c5ccccc5c5ccccc54)cc3)cc2-c2cc(SCCCCCCCCc3ccc4c(c3)c3ccccc3n4-c3ccc(-n4c5ccccc5c5ccccc54)cc3)c(C)cc21. The van der Waals surface area contributed by atoms with Gasteiger partial charge in [-0.15, -0.1) is 23.5 Å². The molecule has 0 N–H and O–H groups in total. The summed E-state index contributed by atoms with van der Waals surface area (Å²) in [7, 11) is 0. The van der Waals surface area contributed by atoms with Gasteiger partial charge >= 0.3 is 0 Å². The summed E-state index contributed by atoms with van der Waals surface area (Å²) in [5.41, 5.74) is 27.2. The second-order valence-electron chi connectivity index (χ2n) is 33.1. The van der Waals surface area contributed by atoms with Crippen LogP contribution in [0.2, 0.25) is 0 Å². The molecule has 0 radical (unpaired) electrons. The maximum atomic E-state index is 2.71. The van der Waals surface area contributed by atoms with Crippen molar-refractivity contribution in [1.82, 2.24) is 18.3 Å². The van der Waals surface area contributed by atoms with Crippen molar-refractivity contribution in [3.63, 3.8) is 0 Å². The maximum absolute atomic E-state index is 2.71. The van der Waals surface area contributed by atoms with Crippen molar-refractivity contribution in [1.29, 1.82) is 0 Å². The van der Waals surface area contributed by atoms with E-state index >= 15 is 0 Å². The Bertz CT molecular complexity index is 5500. The molecule has 0 spiro atoms. The summed E-state index contributed by atoms with van der Waals surface area (Å²) in [6.07, 6.45) is 36.4. The van der Waals surface area contributed by atoms with Crippen molar-refractivity contribution in [3.05, 3.63) is 288 Å². The summed E-state index contributed by atoms with van der Waals surface area (Å²) in [5.74, 6) is 2.38. The van der Waals surface area contributed by atoms with Gasteiger partial charge in [-0.3, -0.25) is 0 Å². The number of unbranched alkanes of at least 4 members (excludes halogenated alkanes) is 20. The first kappa shape index (κ1) is 76.2. The molecule has 0 unspecified atom stereocenters. The van der Waals surface area contributed by atoms with E-state index in [2.05, 4.69) is 324 Å². The lowest BCUT2D eigenvalue weighted by Crippen LogP contribution is -2.26. The summed E-state index contributed by atoms with van der Waals surface area (Å²) in [6.45, 7) is 9.58. The quantitative estimate of drug-likeness (QED) is 0.0284. The molecule has 4 nitrogen and oxygen atoms in total. The number of hydrogen-bond acceptors (Lipinski definition) is 2. The molecule has 4 heterocycles. The fraction of sp³-hybridized carbons (Fsp3) is 0.327. The second kappa shape index (κ2) is 35.5. The molecular weight excluding hydrogens is 1410 g/mol. The van der Waals surface area contributed by atoms with Gasteiger partial charge in [0.15, 0.2) is 0 Å². The highest BCUT2D eigenvalue weighted by Crippen LogP contribution is 2.57. The number of aryl methyl sites for hydroxylation is 4. The van der Waals surface area contributed by atoms with E-state index in [1.807, 2.05) is 0 Å². The minimum atomic E-state index is 0.0952. The van der Waals surface area contributed by atoms with Gasteiger partial charge < -0.3 is 18.3 Å². The van der Waals surface area contributed by atoms with E-state index < -0.39 is 0 Å². The van der Waals surface area contributed by atoms with Crippen LogP contribution < -0.4 is 0 Å². The molecule has 12 aromatic carbocycles. The highest BCUT2D eigenvalue weighted by Gasteiger charge is 2.43. The second-order valence-corrected chi connectivity index (χ2v) is 35.3. The van der Waals surface area contributed by atoms with Crippen LogP contribution in [0, 0.1) is 13.8 Å². The third-order valence-electron chi connectivity index (χ3n) is 25.5. The molecule has 4 aromatic heterocycles. The number of benzene rings is 12. The molecule has 113 heavy (non-hydrogen) atoms. The van der Waals surface area contributed by atoms with Gasteiger partial charge in [-0.05, 0) is 243 Å². The number of nitrogens with zero attached hydrogens (tertiary/aromatic N) is 4.